The fourth-order valence-electron chi connectivity index (χ4n) is 0.250. The molecular weight excluding hydrogens is 148 g/mol. The Labute approximate surface area is 74.4 Å². The molecule has 0 saturated heterocycles. The summed E-state index contributed by atoms with van der Waals surface area (Å²) in [5, 5.41) is 0. The molecule has 0 aliphatic carbocycles. The summed E-state index contributed by atoms with van der Waals surface area (Å²) in [4.78, 5) is 0. The summed E-state index contributed by atoms with van der Waals surface area (Å²) in [5.74, 6) is 0. The Morgan fingerprint density at radius 3 is 1.00 bits per heavy atom. The van der Waals surface area contributed by atoms with Gasteiger partial charge in [-0.1, -0.05) is 65.7 Å². The largest absolute Gasteiger partial charge is 0.0694 e. The van der Waals surface area contributed by atoms with Gasteiger partial charge in [-0.2, -0.15) is 0 Å². The van der Waals surface area contributed by atoms with E-state index >= 15 is 0 Å². The SMILES string of the molecule is CCCC.CC[Si](C)(C)CC. The average Bonchev–Trinajstić information content (AvgIpc) is 2.05. The lowest BCUT2D eigenvalue weighted by molar-refractivity contribution is 0.886. The lowest BCUT2D eigenvalue weighted by Crippen LogP contribution is -2.21. The maximum atomic E-state index is 2.44. The van der Waals surface area contributed by atoms with Crippen LogP contribution in [0.2, 0.25) is 25.2 Å². The Kier molecular flexibility index (Phi) is 10.4. The van der Waals surface area contributed by atoms with Crippen molar-refractivity contribution in [3.05, 3.63) is 0 Å². The highest BCUT2D eigenvalue weighted by molar-refractivity contribution is 6.77. The zero-order valence-corrected chi connectivity index (χ0v) is 10.3. The average molecular weight is 174 g/mol. The molecular formula is C10H26Si. The minimum Gasteiger partial charge on any atom is -0.0694 e. The number of rotatable bonds is 3. The normalized spacial score (nSPS) is 10.4. The van der Waals surface area contributed by atoms with Crippen molar-refractivity contribution in [1.29, 1.82) is 0 Å². The first kappa shape index (κ1) is 13.8. The van der Waals surface area contributed by atoms with Crippen LogP contribution in [0.1, 0.15) is 40.5 Å². The zero-order valence-electron chi connectivity index (χ0n) is 9.33. The molecule has 11 heavy (non-hydrogen) atoms. The highest BCUT2D eigenvalue weighted by Crippen LogP contribution is 2.12. The monoisotopic (exact) mass is 174 g/mol. The van der Waals surface area contributed by atoms with Crippen molar-refractivity contribution in [2.75, 3.05) is 0 Å². The highest BCUT2D eigenvalue weighted by Gasteiger charge is 2.12. The van der Waals surface area contributed by atoms with Crippen molar-refractivity contribution in [2.45, 2.75) is 65.7 Å². The minimum atomic E-state index is -0.651. The van der Waals surface area contributed by atoms with Crippen LogP contribution < -0.4 is 0 Å². The standard InChI is InChI=1S/C6H16Si.C4H10/c1-5-7(3,4)6-2;1-3-4-2/h5-6H2,1-4H3;3-4H2,1-2H3. The lowest BCUT2D eigenvalue weighted by atomic mass is 10.4. The minimum absolute atomic E-state index is 0.651. The van der Waals surface area contributed by atoms with E-state index in [1.54, 1.807) is 0 Å². The van der Waals surface area contributed by atoms with Crippen LogP contribution in [-0.4, -0.2) is 8.07 Å². The number of hydrogen-bond acceptors (Lipinski definition) is 0. The second-order valence-corrected chi connectivity index (χ2v) is 9.61. The van der Waals surface area contributed by atoms with Gasteiger partial charge in [0.25, 0.3) is 0 Å². The molecule has 0 saturated carbocycles. The molecule has 0 aromatic rings. The first-order valence-corrected chi connectivity index (χ1v) is 8.45. The van der Waals surface area contributed by atoms with E-state index in [4.69, 9.17) is 0 Å². The molecule has 0 atom stereocenters. The van der Waals surface area contributed by atoms with Crippen LogP contribution in [0.3, 0.4) is 0 Å². The van der Waals surface area contributed by atoms with Crippen molar-refractivity contribution in [1.82, 2.24) is 0 Å². The predicted octanol–water partition coefficient (Wildman–Crippen LogP) is 4.54. The van der Waals surface area contributed by atoms with Crippen LogP contribution in [-0.2, 0) is 0 Å². The summed E-state index contributed by atoms with van der Waals surface area (Å²) in [6.07, 6.45) is 2.64. The highest BCUT2D eigenvalue weighted by atomic mass is 28.3. The van der Waals surface area contributed by atoms with Crippen molar-refractivity contribution < 1.29 is 0 Å². The van der Waals surface area contributed by atoms with E-state index in [1.165, 1.54) is 24.9 Å². The Balaban J connectivity index is 0. The molecule has 1 heteroatoms. The fourth-order valence-corrected chi connectivity index (χ4v) is 0.750. The summed E-state index contributed by atoms with van der Waals surface area (Å²) in [7, 11) is -0.651. The van der Waals surface area contributed by atoms with Gasteiger partial charge in [0.15, 0.2) is 0 Å². The van der Waals surface area contributed by atoms with E-state index in [0.717, 1.165) is 0 Å². The molecule has 0 aromatic carbocycles. The maximum absolute atomic E-state index is 2.44. The molecule has 0 aromatic heterocycles. The van der Waals surface area contributed by atoms with Gasteiger partial charge in [0.2, 0.25) is 0 Å². The van der Waals surface area contributed by atoms with E-state index in [1.807, 2.05) is 0 Å². The van der Waals surface area contributed by atoms with Crippen LogP contribution in [0, 0.1) is 0 Å². The van der Waals surface area contributed by atoms with Gasteiger partial charge < -0.3 is 0 Å². The Bertz CT molecular complexity index is 59.3. The Hall–Kier alpha value is 0.217. The molecule has 0 heterocycles. The van der Waals surface area contributed by atoms with Gasteiger partial charge in [-0.05, 0) is 0 Å². The van der Waals surface area contributed by atoms with Crippen molar-refractivity contribution >= 4 is 8.07 Å². The van der Waals surface area contributed by atoms with Crippen molar-refractivity contribution in [3.63, 3.8) is 0 Å². The lowest BCUT2D eigenvalue weighted by Gasteiger charge is -2.15. The van der Waals surface area contributed by atoms with Crippen molar-refractivity contribution in [3.8, 4) is 0 Å². The molecule has 0 N–H and O–H groups in total. The summed E-state index contributed by atoms with van der Waals surface area (Å²) in [6.45, 7) is 13.8. The second kappa shape index (κ2) is 8.31. The van der Waals surface area contributed by atoms with E-state index < -0.39 is 8.07 Å². The van der Waals surface area contributed by atoms with E-state index in [9.17, 15) is 0 Å². The predicted molar refractivity (Wildman–Crippen MR) is 59.0 cm³/mol. The van der Waals surface area contributed by atoms with E-state index in [-0.39, 0.29) is 0 Å². The van der Waals surface area contributed by atoms with Gasteiger partial charge in [-0.25, -0.2) is 0 Å². The molecule has 0 rings (SSSR count). The molecule has 0 amide bonds. The number of unbranched alkanes of at least 4 members (excludes halogenated alkanes) is 1. The molecule has 0 spiro atoms. The first-order chi connectivity index (χ1) is 5.04. The van der Waals surface area contributed by atoms with Gasteiger partial charge >= 0.3 is 0 Å². The summed E-state index contributed by atoms with van der Waals surface area (Å²) < 4.78 is 0. The van der Waals surface area contributed by atoms with E-state index in [0.29, 0.717) is 0 Å². The molecule has 70 valence electrons. The van der Waals surface area contributed by atoms with Crippen molar-refractivity contribution in [2.24, 2.45) is 0 Å². The fraction of sp³-hybridized carbons (Fsp3) is 1.00. The third-order valence-electron chi connectivity index (χ3n) is 2.41. The van der Waals surface area contributed by atoms with Crippen LogP contribution in [0.5, 0.6) is 0 Å². The molecule has 0 fully saturated rings. The molecule has 0 aliphatic heterocycles. The van der Waals surface area contributed by atoms with Crippen LogP contribution >= 0.6 is 0 Å². The summed E-state index contributed by atoms with van der Waals surface area (Å²) >= 11 is 0. The van der Waals surface area contributed by atoms with Gasteiger partial charge in [0.05, 0.1) is 0 Å². The van der Waals surface area contributed by atoms with Gasteiger partial charge in [0.1, 0.15) is 0 Å². The third kappa shape index (κ3) is 13.2. The third-order valence-corrected chi connectivity index (χ3v) is 6.24. The molecule has 0 unspecified atom stereocenters. The molecule has 0 radical (unpaired) electrons. The smallest absolute Gasteiger partial charge is 0.0468 e. The first-order valence-electron chi connectivity index (χ1n) is 5.04. The molecule has 0 bridgehead atoms. The Morgan fingerprint density at radius 2 is 1.00 bits per heavy atom. The summed E-state index contributed by atoms with van der Waals surface area (Å²) in [6, 6.07) is 2.87. The molecule has 0 aliphatic rings. The zero-order chi connectivity index (χ0) is 9.33. The quantitative estimate of drug-likeness (QED) is 0.551. The second-order valence-electron chi connectivity index (χ2n) is 3.87. The number of hydrogen-bond donors (Lipinski definition) is 0. The van der Waals surface area contributed by atoms with Gasteiger partial charge in [-0.15, -0.1) is 0 Å². The topological polar surface area (TPSA) is 0 Å². The van der Waals surface area contributed by atoms with Gasteiger partial charge in [-0.3, -0.25) is 0 Å². The van der Waals surface area contributed by atoms with Crippen LogP contribution in [0.4, 0.5) is 0 Å². The van der Waals surface area contributed by atoms with Crippen LogP contribution in [0.25, 0.3) is 0 Å². The molecule has 0 nitrogen and oxygen atoms in total. The maximum Gasteiger partial charge on any atom is 0.0468 e. The summed E-state index contributed by atoms with van der Waals surface area (Å²) in [5.41, 5.74) is 0. The van der Waals surface area contributed by atoms with Gasteiger partial charge in [0, 0.05) is 8.07 Å². The Morgan fingerprint density at radius 1 is 0.727 bits per heavy atom. The van der Waals surface area contributed by atoms with E-state index in [2.05, 4.69) is 40.8 Å². The van der Waals surface area contributed by atoms with Crippen LogP contribution in [0.15, 0.2) is 0 Å².